The van der Waals surface area contributed by atoms with Gasteiger partial charge in [-0.15, -0.1) is 0 Å². The van der Waals surface area contributed by atoms with E-state index in [9.17, 15) is 14.4 Å². The number of nitrogens with zero attached hydrogens (tertiary/aromatic N) is 6. The fourth-order valence-corrected chi connectivity index (χ4v) is 8.27. The lowest BCUT2D eigenvalue weighted by Crippen LogP contribution is -2.62. The minimum Gasteiger partial charge on any atom is -0.470 e. The van der Waals surface area contributed by atoms with Gasteiger partial charge in [0.05, 0.1) is 40.1 Å². The van der Waals surface area contributed by atoms with Gasteiger partial charge in [0.2, 0.25) is 5.88 Å². The zero-order chi connectivity index (χ0) is 39.9. The van der Waals surface area contributed by atoms with Gasteiger partial charge in [0, 0.05) is 42.2 Å². The van der Waals surface area contributed by atoms with Crippen LogP contribution in [0.25, 0.3) is 32.2 Å². The van der Waals surface area contributed by atoms with Crippen LogP contribution in [-0.2, 0) is 14.3 Å². The van der Waals surface area contributed by atoms with Gasteiger partial charge in [-0.3, -0.25) is 5.32 Å². The summed E-state index contributed by atoms with van der Waals surface area (Å²) in [6.45, 7) is 11.4. The molecule has 1 saturated heterocycles. The van der Waals surface area contributed by atoms with E-state index in [1.165, 1.54) is 11.0 Å². The highest BCUT2D eigenvalue weighted by Crippen LogP contribution is 2.53. The quantitative estimate of drug-likeness (QED) is 0.210. The van der Waals surface area contributed by atoms with E-state index in [0.29, 0.717) is 35.3 Å². The molecule has 0 spiro atoms. The average molecular weight is 802 g/mol. The van der Waals surface area contributed by atoms with Crippen LogP contribution in [-0.4, -0.2) is 108 Å². The maximum Gasteiger partial charge on any atom is 0.413 e. The Labute approximate surface area is 323 Å². The van der Waals surface area contributed by atoms with Crippen molar-refractivity contribution in [1.29, 1.82) is 0 Å². The normalized spacial score (nSPS) is 18.3. The fraction of sp³-hybridized carbons (Fsp3) is 0.459. The van der Waals surface area contributed by atoms with Crippen molar-refractivity contribution in [3.8, 4) is 17.0 Å². The molecule has 0 bridgehead atoms. The number of fused-ring (bicyclic) bond motifs is 5. The van der Waals surface area contributed by atoms with Crippen LogP contribution in [0.2, 0.25) is 5.02 Å². The Kier molecular flexibility index (Phi) is 9.59. The maximum absolute atomic E-state index is 17.3. The number of likely N-dealkylation sites (N-methyl/N-ethyl adjacent to an activating group) is 1. The van der Waals surface area contributed by atoms with Gasteiger partial charge in [-0.1, -0.05) is 22.9 Å². The van der Waals surface area contributed by atoms with Crippen LogP contribution in [0.15, 0.2) is 17.8 Å². The molecule has 2 atom stereocenters. The number of piperazine rings is 1. The number of hydrogen-bond acceptors (Lipinski definition) is 12. The number of aromatic nitrogens is 2. The van der Waals surface area contributed by atoms with Crippen LogP contribution in [0.3, 0.4) is 0 Å². The number of thiazole rings is 1. The largest absolute Gasteiger partial charge is 0.470 e. The second-order valence-electron chi connectivity index (χ2n) is 15.8. The Balaban J connectivity index is 1.41. The number of halogens is 4. The van der Waals surface area contributed by atoms with Gasteiger partial charge in [0.1, 0.15) is 51.8 Å². The minimum atomic E-state index is -1.15. The Hall–Kier alpha value is -4.83. The minimum absolute atomic E-state index is 0.0239. The second-order valence-corrected chi connectivity index (χ2v) is 17.2. The van der Waals surface area contributed by atoms with E-state index in [-0.39, 0.29) is 69.0 Å². The van der Waals surface area contributed by atoms with E-state index < -0.39 is 64.1 Å². The van der Waals surface area contributed by atoms with Crippen molar-refractivity contribution in [1.82, 2.24) is 19.8 Å². The molecule has 0 saturated carbocycles. The first kappa shape index (κ1) is 38.4. The van der Waals surface area contributed by atoms with Crippen molar-refractivity contribution in [2.45, 2.75) is 64.9 Å². The van der Waals surface area contributed by atoms with Gasteiger partial charge in [0.25, 0.3) is 0 Å². The Morgan fingerprint density at radius 1 is 1.00 bits per heavy atom. The molecule has 13 nitrogen and oxygen atoms in total. The summed E-state index contributed by atoms with van der Waals surface area (Å²) in [4.78, 5) is 54.5. The lowest BCUT2D eigenvalue weighted by atomic mass is 9.95. The Morgan fingerprint density at radius 3 is 2.36 bits per heavy atom. The average Bonchev–Trinajstić information content (AvgIpc) is 3.47. The number of hydrogen-bond donors (Lipinski definition) is 1. The molecular weight excluding hydrogens is 763 g/mol. The number of anilines is 3. The third-order valence-corrected chi connectivity index (χ3v) is 10.3. The maximum atomic E-state index is 17.3. The molecule has 1 N–H and O–H groups in total. The molecule has 0 radical (unpaired) electrons. The van der Waals surface area contributed by atoms with Crippen molar-refractivity contribution >= 4 is 78.7 Å². The molecule has 2 aromatic heterocycles. The molecule has 3 aliphatic rings. The van der Waals surface area contributed by atoms with Gasteiger partial charge in [-0.25, -0.2) is 37.5 Å². The Bertz CT molecular complexity index is 2320. The molecule has 2 amide bonds. The molecule has 7 rings (SSSR count). The first-order valence-corrected chi connectivity index (χ1v) is 18.7. The van der Waals surface area contributed by atoms with Crippen LogP contribution >= 0.6 is 22.9 Å². The third-order valence-electron chi connectivity index (χ3n) is 9.05. The number of rotatable bonds is 4. The molecule has 0 unspecified atom stereocenters. The first-order chi connectivity index (χ1) is 25.7. The number of carbonyl (C=O) groups is 2. The summed E-state index contributed by atoms with van der Waals surface area (Å²) in [5.41, 5.74) is -1.89. The topological polar surface area (TPSA) is 130 Å². The van der Waals surface area contributed by atoms with Crippen molar-refractivity contribution in [3.63, 3.8) is 0 Å². The summed E-state index contributed by atoms with van der Waals surface area (Å²) in [5.74, 6) is -1.03. The SMILES string of the molecule is CN(C)C[C@H]1CN2C(=C=O)[C@H]3CN(C(=O)OC(C)(C)C)CCN3c3c2c(nc2c(F)c(-c4c(F)cc(F)c5sc(NC(=O)OC(C)(C)C)nc45)c(Cl)cc32)O1. The van der Waals surface area contributed by atoms with E-state index in [2.05, 4.69) is 21.2 Å². The molecule has 1 fully saturated rings. The van der Waals surface area contributed by atoms with Crippen LogP contribution in [0, 0.1) is 17.5 Å². The number of amides is 2. The van der Waals surface area contributed by atoms with Gasteiger partial charge in [-0.2, -0.15) is 0 Å². The Morgan fingerprint density at radius 2 is 1.71 bits per heavy atom. The fourth-order valence-electron chi connectivity index (χ4n) is 7.11. The standard InChI is InChI=1S/C37H39ClF3N7O6S/c1-36(2,3)53-34(50)44-33-43-28-25(20(39)12-21(40)31(28)55-33)24-19(38)11-18-27(26(24)41)42-32-30-29(18)47-10-9-46(35(51)54-37(4,5)6)15-22(47)23(16-49)48(30)14-17(52-32)13-45(7)8/h11-12,17,22H,9-10,13-15H2,1-8H3,(H,43,44,50)/t17-,22+/m0/s1. The number of nitrogens with one attached hydrogen (secondary N) is 1. The number of pyridine rings is 1. The summed E-state index contributed by atoms with van der Waals surface area (Å²) >= 11 is 7.59. The number of ether oxygens (including phenoxy) is 3. The smallest absolute Gasteiger partial charge is 0.413 e. The molecule has 3 aliphatic heterocycles. The number of carbonyl (C=O) groups excluding carboxylic acids is 3. The van der Waals surface area contributed by atoms with E-state index >= 15 is 13.2 Å². The zero-order valence-electron chi connectivity index (χ0n) is 31.4. The van der Waals surface area contributed by atoms with Crippen molar-refractivity contribution in [2.24, 2.45) is 0 Å². The summed E-state index contributed by atoms with van der Waals surface area (Å²) in [6.07, 6.45) is -1.95. The van der Waals surface area contributed by atoms with Gasteiger partial charge in [-0.05, 0) is 61.7 Å². The van der Waals surface area contributed by atoms with Gasteiger partial charge >= 0.3 is 12.2 Å². The summed E-state index contributed by atoms with van der Waals surface area (Å²) in [5, 5.41) is 2.31. The predicted octanol–water partition coefficient (Wildman–Crippen LogP) is 7.21. The summed E-state index contributed by atoms with van der Waals surface area (Å²) in [6, 6.07) is 1.33. The van der Waals surface area contributed by atoms with E-state index in [1.54, 1.807) is 46.4 Å². The summed E-state index contributed by atoms with van der Waals surface area (Å²) in [7, 11) is 3.70. The van der Waals surface area contributed by atoms with Crippen LogP contribution in [0.5, 0.6) is 5.88 Å². The molecule has 0 aliphatic carbocycles. The van der Waals surface area contributed by atoms with Gasteiger partial charge < -0.3 is 33.8 Å². The highest BCUT2D eigenvalue weighted by Gasteiger charge is 2.47. The second kappa shape index (κ2) is 13.7. The van der Waals surface area contributed by atoms with Crippen molar-refractivity contribution in [2.75, 3.05) is 61.9 Å². The molecule has 292 valence electrons. The summed E-state index contributed by atoms with van der Waals surface area (Å²) < 4.78 is 65.5. The van der Waals surface area contributed by atoms with Crippen LogP contribution < -0.4 is 19.9 Å². The van der Waals surface area contributed by atoms with Crippen LogP contribution in [0.1, 0.15) is 41.5 Å². The van der Waals surface area contributed by atoms with E-state index in [0.717, 1.165) is 0 Å². The third kappa shape index (κ3) is 7.10. The first-order valence-electron chi connectivity index (χ1n) is 17.5. The van der Waals surface area contributed by atoms with E-state index in [1.807, 2.05) is 23.9 Å². The molecule has 18 heteroatoms. The van der Waals surface area contributed by atoms with Crippen LogP contribution in [0.4, 0.5) is 39.3 Å². The number of benzene rings is 2. The van der Waals surface area contributed by atoms with Crippen molar-refractivity contribution < 1.29 is 41.8 Å². The van der Waals surface area contributed by atoms with Crippen molar-refractivity contribution in [3.05, 3.63) is 40.3 Å². The zero-order valence-corrected chi connectivity index (χ0v) is 33.0. The van der Waals surface area contributed by atoms with Gasteiger partial charge in [0.15, 0.2) is 10.9 Å². The molecule has 55 heavy (non-hydrogen) atoms. The molecule has 5 heterocycles. The lowest BCUT2D eigenvalue weighted by molar-refractivity contribution is 0.0220. The highest BCUT2D eigenvalue weighted by molar-refractivity contribution is 7.22. The molecule has 4 aromatic rings. The molecular formula is C37H39ClF3N7O6S. The highest BCUT2D eigenvalue weighted by atomic mass is 35.5. The lowest BCUT2D eigenvalue weighted by Gasteiger charge is -2.51. The van der Waals surface area contributed by atoms with E-state index in [4.69, 9.17) is 25.8 Å². The monoisotopic (exact) mass is 801 g/mol. The molecule has 2 aromatic carbocycles. The predicted molar refractivity (Wildman–Crippen MR) is 204 cm³/mol.